The third-order valence-electron chi connectivity index (χ3n) is 4.89. The van der Waals surface area contributed by atoms with Gasteiger partial charge in [-0.2, -0.15) is 5.10 Å². The first-order valence-corrected chi connectivity index (χ1v) is 10.4. The second-order valence-corrected chi connectivity index (χ2v) is 8.06. The lowest BCUT2D eigenvalue weighted by molar-refractivity contribution is 0.102. The van der Waals surface area contributed by atoms with Gasteiger partial charge in [0.25, 0.3) is 5.91 Å². The van der Waals surface area contributed by atoms with Crippen LogP contribution in [-0.4, -0.2) is 34.9 Å². The molecule has 2 heterocycles. The van der Waals surface area contributed by atoms with E-state index >= 15 is 0 Å². The highest BCUT2D eigenvalue weighted by molar-refractivity contribution is 7.15. The molecule has 0 saturated carbocycles. The molecule has 0 bridgehead atoms. The quantitative estimate of drug-likeness (QED) is 0.468. The smallest absolute Gasteiger partial charge is 0.261 e. The van der Waals surface area contributed by atoms with Gasteiger partial charge in [-0.1, -0.05) is 18.2 Å². The number of aryl methyl sites for hydroxylation is 2. The first-order chi connectivity index (χ1) is 15.0. The number of nitrogens with one attached hydrogen (secondary N) is 1. The zero-order valence-electron chi connectivity index (χ0n) is 17.7. The molecule has 4 aromatic rings. The van der Waals surface area contributed by atoms with Crippen molar-refractivity contribution < 1.29 is 14.3 Å². The molecule has 1 N–H and O–H groups in total. The van der Waals surface area contributed by atoms with E-state index in [1.54, 1.807) is 37.2 Å². The maximum absolute atomic E-state index is 13.3. The van der Waals surface area contributed by atoms with Gasteiger partial charge in [0, 0.05) is 16.6 Å². The largest absolute Gasteiger partial charge is 0.497 e. The fourth-order valence-electron chi connectivity index (χ4n) is 3.14. The van der Waals surface area contributed by atoms with Crippen LogP contribution in [0.3, 0.4) is 0 Å². The molecule has 0 atom stereocenters. The molecular weight excluding hydrogens is 412 g/mol. The lowest BCUT2D eigenvalue weighted by atomic mass is 10.1. The van der Waals surface area contributed by atoms with Crippen molar-refractivity contribution in [2.45, 2.75) is 13.8 Å². The van der Waals surface area contributed by atoms with E-state index in [0.717, 1.165) is 16.3 Å². The molecule has 31 heavy (non-hydrogen) atoms. The molecule has 0 radical (unpaired) electrons. The minimum atomic E-state index is -0.296. The van der Waals surface area contributed by atoms with Crippen molar-refractivity contribution in [3.8, 4) is 28.4 Å². The summed E-state index contributed by atoms with van der Waals surface area (Å²) in [5.41, 5.74) is 3.29. The number of carbonyl (C=O) groups excluding carboxylic acids is 1. The van der Waals surface area contributed by atoms with Gasteiger partial charge < -0.3 is 9.47 Å². The summed E-state index contributed by atoms with van der Waals surface area (Å²) in [5, 5.41) is 8.18. The lowest BCUT2D eigenvalue weighted by Crippen LogP contribution is -2.12. The van der Waals surface area contributed by atoms with Gasteiger partial charge in [-0.25, -0.2) is 9.67 Å². The highest BCUT2D eigenvalue weighted by Crippen LogP contribution is 2.35. The van der Waals surface area contributed by atoms with Crippen molar-refractivity contribution in [2.24, 2.45) is 0 Å². The standard InChI is InChI=1S/C23H22N4O3S/c1-14-15(2)31-23(24-14)25-22(28)19-13-27(16-8-6-5-7-9-16)26-21(19)18-12-17(29-3)10-11-20(18)30-4/h5-13H,1-4H3,(H,24,25,28). The van der Waals surface area contributed by atoms with E-state index in [2.05, 4.69) is 10.3 Å². The third-order valence-corrected chi connectivity index (χ3v) is 5.88. The molecule has 7 nitrogen and oxygen atoms in total. The van der Waals surface area contributed by atoms with Crippen molar-refractivity contribution in [1.29, 1.82) is 0 Å². The fraction of sp³-hybridized carbons (Fsp3) is 0.174. The van der Waals surface area contributed by atoms with E-state index in [9.17, 15) is 4.79 Å². The van der Waals surface area contributed by atoms with Crippen LogP contribution in [-0.2, 0) is 0 Å². The molecule has 0 fully saturated rings. The van der Waals surface area contributed by atoms with E-state index in [-0.39, 0.29) is 5.91 Å². The minimum absolute atomic E-state index is 0.296. The Labute approximate surface area is 184 Å². The van der Waals surface area contributed by atoms with Gasteiger partial charge >= 0.3 is 0 Å². The van der Waals surface area contributed by atoms with Gasteiger partial charge in [-0.05, 0) is 44.2 Å². The molecule has 2 aromatic carbocycles. The Balaban J connectivity index is 1.83. The number of hydrogen-bond donors (Lipinski definition) is 1. The maximum atomic E-state index is 13.3. The SMILES string of the molecule is COc1ccc(OC)c(-c2nn(-c3ccccc3)cc2C(=O)Nc2nc(C)c(C)s2)c1. The topological polar surface area (TPSA) is 78.3 Å². The number of carbonyl (C=O) groups is 1. The van der Waals surface area contributed by atoms with Crippen molar-refractivity contribution in [3.63, 3.8) is 0 Å². The number of hydrogen-bond acceptors (Lipinski definition) is 6. The monoisotopic (exact) mass is 434 g/mol. The Morgan fingerprint density at radius 1 is 1.06 bits per heavy atom. The molecule has 0 saturated heterocycles. The summed E-state index contributed by atoms with van der Waals surface area (Å²) < 4.78 is 12.6. The molecule has 158 valence electrons. The minimum Gasteiger partial charge on any atom is -0.497 e. The van der Waals surface area contributed by atoms with E-state index < -0.39 is 0 Å². The second kappa shape index (κ2) is 8.61. The first-order valence-electron chi connectivity index (χ1n) is 9.63. The molecule has 2 aromatic heterocycles. The predicted molar refractivity (Wildman–Crippen MR) is 122 cm³/mol. The molecule has 1 amide bonds. The zero-order chi connectivity index (χ0) is 22.0. The number of benzene rings is 2. The molecule has 4 rings (SSSR count). The maximum Gasteiger partial charge on any atom is 0.261 e. The number of para-hydroxylation sites is 1. The molecule has 0 aliphatic heterocycles. The third kappa shape index (κ3) is 4.15. The normalized spacial score (nSPS) is 10.7. The van der Waals surface area contributed by atoms with Crippen LogP contribution in [0.25, 0.3) is 16.9 Å². The average Bonchev–Trinajstić information content (AvgIpc) is 3.37. The van der Waals surface area contributed by atoms with Gasteiger partial charge in [0.2, 0.25) is 0 Å². The van der Waals surface area contributed by atoms with Crippen molar-refractivity contribution in [3.05, 3.63) is 70.9 Å². The number of ether oxygens (including phenoxy) is 2. The number of anilines is 1. The molecular formula is C23H22N4O3S. The van der Waals surface area contributed by atoms with Gasteiger partial charge in [-0.3, -0.25) is 10.1 Å². The fourth-order valence-corrected chi connectivity index (χ4v) is 3.95. The van der Waals surface area contributed by atoms with Crippen LogP contribution in [0, 0.1) is 13.8 Å². The molecule has 0 aliphatic rings. The Morgan fingerprint density at radius 2 is 1.84 bits per heavy atom. The number of methoxy groups -OCH3 is 2. The summed E-state index contributed by atoms with van der Waals surface area (Å²) in [6.45, 7) is 3.89. The number of amides is 1. The molecule has 0 aliphatic carbocycles. The van der Waals surface area contributed by atoms with Gasteiger partial charge in [0.1, 0.15) is 17.2 Å². The Kier molecular flexibility index (Phi) is 5.73. The highest BCUT2D eigenvalue weighted by atomic mass is 32.1. The van der Waals surface area contributed by atoms with Crippen LogP contribution < -0.4 is 14.8 Å². The van der Waals surface area contributed by atoms with Crippen LogP contribution in [0.2, 0.25) is 0 Å². The Morgan fingerprint density at radius 3 is 2.48 bits per heavy atom. The number of aromatic nitrogens is 3. The average molecular weight is 435 g/mol. The zero-order valence-corrected chi connectivity index (χ0v) is 18.5. The number of rotatable bonds is 6. The summed E-state index contributed by atoms with van der Waals surface area (Å²) in [6, 6.07) is 15.0. The van der Waals surface area contributed by atoms with Gasteiger partial charge in [0.05, 0.1) is 31.2 Å². The van der Waals surface area contributed by atoms with Crippen LogP contribution in [0.1, 0.15) is 20.9 Å². The van der Waals surface area contributed by atoms with Crippen molar-refractivity contribution >= 4 is 22.4 Å². The lowest BCUT2D eigenvalue weighted by Gasteiger charge is -2.10. The van der Waals surface area contributed by atoms with Crippen LogP contribution in [0.15, 0.2) is 54.7 Å². The second-order valence-electron chi connectivity index (χ2n) is 6.85. The van der Waals surface area contributed by atoms with E-state index in [4.69, 9.17) is 14.6 Å². The van der Waals surface area contributed by atoms with Crippen LogP contribution in [0.5, 0.6) is 11.5 Å². The summed E-state index contributed by atoms with van der Waals surface area (Å²) in [5.74, 6) is 0.937. The first kappa shape index (κ1) is 20.6. The van der Waals surface area contributed by atoms with Crippen molar-refractivity contribution in [2.75, 3.05) is 19.5 Å². The van der Waals surface area contributed by atoms with Crippen LogP contribution >= 0.6 is 11.3 Å². The highest BCUT2D eigenvalue weighted by Gasteiger charge is 2.23. The number of nitrogens with zero attached hydrogens (tertiary/aromatic N) is 3. The van der Waals surface area contributed by atoms with Crippen LogP contribution in [0.4, 0.5) is 5.13 Å². The molecule has 8 heteroatoms. The predicted octanol–water partition coefficient (Wildman–Crippen LogP) is 4.88. The number of thiazole rings is 1. The summed E-state index contributed by atoms with van der Waals surface area (Å²) >= 11 is 1.44. The Hall–Kier alpha value is -3.65. The van der Waals surface area contributed by atoms with Gasteiger partial charge in [0.15, 0.2) is 5.13 Å². The Bertz CT molecular complexity index is 1210. The molecule has 0 spiro atoms. The summed E-state index contributed by atoms with van der Waals surface area (Å²) in [4.78, 5) is 18.7. The van der Waals surface area contributed by atoms with Gasteiger partial charge in [-0.15, -0.1) is 11.3 Å². The summed E-state index contributed by atoms with van der Waals surface area (Å²) in [7, 11) is 3.18. The summed E-state index contributed by atoms with van der Waals surface area (Å²) in [6.07, 6.45) is 1.71. The van der Waals surface area contributed by atoms with E-state index in [0.29, 0.717) is 33.5 Å². The molecule has 0 unspecified atom stereocenters. The van der Waals surface area contributed by atoms with E-state index in [1.807, 2.05) is 50.2 Å². The van der Waals surface area contributed by atoms with Crippen molar-refractivity contribution in [1.82, 2.24) is 14.8 Å². The van der Waals surface area contributed by atoms with E-state index in [1.165, 1.54) is 11.3 Å².